The quantitative estimate of drug-likeness (QED) is 0.0698. The summed E-state index contributed by atoms with van der Waals surface area (Å²) in [5.74, 6) is -1.59. The number of H-pyrrole nitrogens is 1. The Balaban J connectivity index is 1.50. The van der Waals surface area contributed by atoms with E-state index in [1.54, 1.807) is 49.4 Å². The predicted molar refractivity (Wildman–Crippen MR) is 203 cm³/mol. The molecule has 2 atom stereocenters. The number of carbonyl (C=O) groups is 3. The molecule has 53 heavy (non-hydrogen) atoms. The lowest BCUT2D eigenvalue weighted by atomic mass is 9.87. The van der Waals surface area contributed by atoms with Gasteiger partial charge in [0.2, 0.25) is 5.91 Å². The monoisotopic (exact) mass is 714 g/mol. The largest absolute Gasteiger partial charge is 0.490 e. The summed E-state index contributed by atoms with van der Waals surface area (Å²) in [5, 5.41) is 28.4. The van der Waals surface area contributed by atoms with Gasteiger partial charge >= 0.3 is 5.97 Å². The number of fused-ring (bicyclic) bond motifs is 1. The number of hydrogen-bond acceptors (Lipinski definition) is 7. The Morgan fingerprint density at radius 3 is 2.21 bits per heavy atom. The Bertz CT molecular complexity index is 2120. The highest BCUT2D eigenvalue weighted by Gasteiger charge is 2.41. The molecule has 5 aromatic rings. The minimum Gasteiger partial charge on any atom is -0.490 e. The number of nitrogens with zero attached hydrogens (tertiary/aromatic N) is 3. The van der Waals surface area contributed by atoms with Crippen LogP contribution in [-0.4, -0.2) is 75.2 Å². The van der Waals surface area contributed by atoms with E-state index >= 15 is 0 Å². The topological polar surface area (TPSA) is 202 Å². The minimum atomic E-state index is -1.12. The number of aromatic nitrogens is 2. The molecule has 0 bridgehead atoms. The lowest BCUT2D eigenvalue weighted by Crippen LogP contribution is -2.44. The molecule has 1 aromatic heterocycles. The van der Waals surface area contributed by atoms with Crippen molar-refractivity contribution in [1.82, 2.24) is 20.2 Å². The minimum absolute atomic E-state index is 0.0239. The maximum absolute atomic E-state index is 14.9. The van der Waals surface area contributed by atoms with Crippen LogP contribution < -0.4 is 20.7 Å². The zero-order valence-electron chi connectivity index (χ0n) is 29.5. The van der Waals surface area contributed by atoms with E-state index in [0.717, 1.165) is 25.9 Å². The molecule has 13 heteroatoms. The van der Waals surface area contributed by atoms with Crippen molar-refractivity contribution in [3.05, 3.63) is 125 Å². The number of benzene rings is 4. The molecule has 1 aliphatic rings. The summed E-state index contributed by atoms with van der Waals surface area (Å²) >= 11 is 0. The van der Waals surface area contributed by atoms with E-state index in [9.17, 15) is 19.5 Å². The number of anilines is 1. The lowest BCUT2D eigenvalue weighted by Gasteiger charge is -2.36. The van der Waals surface area contributed by atoms with Gasteiger partial charge < -0.3 is 30.8 Å². The first-order chi connectivity index (χ1) is 25.5. The third-order valence-corrected chi connectivity index (χ3v) is 9.41. The number of aromatic carboxylic acids is 1. The number of amidine groups is 2. The summed E-state index contributed by atoms with van der Waals surface area (Å²) in [6.45, 7) is 5.40. The molecule has 272 valence electrons. The van der Waals surface area contributed by atoms with Crippen molar-refractivity contribution in [2.24, 2.45) is 5.73 Å². The zero-order valence-corrected chi connectivity index (χ0v) is 29.5. The number of carboxylic acids is 1. The Labute approximate surface area is 306 Å². The van der Waals surface area contributed by atoms with Crippen LogP contribution in [-0.2, 0) is 4.79 Å². The average Bonchev–Trinajstić information content (AvgIpc) is 3.59. The fourth-order valence-electron chi connectivity index (χ4n) is 6.67. The molecule has 2 amide bonds. The molecule has 13 nitrogen and oxygen atoms in total. The highest BCUT2D eigenvalue weighted by Crippen LogP contribution is 2.40. The second-order valence-corrected chi connectivity index (χ2v) is 12.9. The molecule has 1 unspecified atom stereocenters. The summed E-state index contributed by atoms with van der Waals surface area (Å²) in [6, 6.07) is 26.0. The van der Waals surface area contributed by atoms with Crippen LogP contribution in [0, 0.1) is 10.8 Å². The summed E-state index contributed by atoms with van der Waals surface area (Å²) in [6.07, 6.45) is 1.49. The van der Waals surface area contributed by atoms with Crippen LogP contribution in [0.2, 0.25) is 0 Å². The number of likely N-dealkylation sites (tertiary alicyclic amines) is 1. The van der Waals surface area contributed by atoms with Crippen molar-refractivity contribution in [2.45, 2.75) is 44.8 Å². The van der Waals surface area contributed by atoms with E-state index in [-0.39, 0.29) is 29.0 Å². The van der Waals surface area contributed by atoms with E-state index in [0.29, 0.717) is 51.8 Å². The number of nitrogen functional groups attached to an aromatic ring is 1. The molecule has 6 rings (SSSR count). The van der Waals surface area contributed by atoms with E-state index in [2.05, 4.69) is 10.3 Å². The van der Waals surface area contributed by atoms with Crippen LogP contribution in [0.15, 0.2) is 97.1 Å². The van der Waals surface area contributed by atoms with Gasteiger partial charge in [-0.15, -0.1) is 0 Å². The Hall–Kier alpha value is -6.50. The number of likely N-dealkylation sites (N-methyl/N-ethyl adjacent to an activating group) is 1. The van der Waals surface area contributed by atoms with Gasteiger partial charge in [-0.3, -0.25) is 25.3 Å². The Morgan fingerprint density at radius 2 is 1.60 bits per heavy atom. The number of nitrogens with two attached hydrogens (primary N) is 1. The first kappa shape index (κ1) is 36.3. The zero-order chi connectivity index (χ0) is 37.6. The Morgan fingerprint density at radius 1 is 0.962 bits per heavy atom. The van der Waals surface area contributed by atoms with E-state index in [1.165, 1.54) is 29.2 Å². The van der Waals surface area contributed by atoms with E-state index in [4.69, 9.17) is 26.3 Å². The molecule has 0 spiro atoms. The second kappa shape index (κ2) is 15.8. The van der Waals surface area contributed by atoms with Gasteiger partial charge in [0.25, 0.3) is 5.91 Å². The van der Waals surface area contributed by atoms with Crippen LogP contribution >= 0.6 is 0 Å². The number of carboxylic acid groups (broad SMARTS) is 1. The molecule has 1 fully saturated rings. The number of hydrogen-bond donors (Lipinski definition) is 6. The van der Waals surface area contributed by atoms with Gasteiger partial charge in [-0.25, -0.2) is 9.78 Å². The van der Waals surface area contributed by atoms with Crippen molar-refractivity contribution < 1.29 is 24.2 Å². The standard InChI is InChI=1S/C40H42N8O5/c1-3-44-38(49)34(25-7-5-4-6-8-25)35(37-45-32-18-13-28(36(42)43)23-33(32)46-37)48(39(50)26-9-11-27(12-10-26)40(51)52)29-14-16-30(17-15-29)53-31-19-21-47(22-20-31)24(2)41/h4-18,23,31,34-35,41H,3,19-22H2,1-2H3,(H3,42,43)(H,44,49)(H,45,46)(H,51,52)/t34?,35-/m0/s1. The number of piperidine rings is 1. The van der Waals surface area contributed by atoms with Gasteiger partial charge in [0.15, 0.2) is 0 Å². The highest BCUT2D eigenvalue weighted by molar-refractivity contribution is 6.08. The van der Waals surface area contributed by atoms with Crippen LogP contribution in [0.3, 0.4) is 0 Å². The fourth-order valence-corrected chi connectivity index (χ4v) is 6.67. The van der Waals surface area contributed by atoms with Crippen LogP contribution in [0.5, 0.6) is 5.75 Å². The molecule has 1 aliphatic heterocycles. The maximum Gasteiger partial charge on any atom is 0.335 e. The number of aromatic amines is 1. The van der Waals surface area contributed by atoms with Crippen molar-refractivity contribution in [3.63, 3.8) is 0 Å². The average molecular weight is 715 g/mol. The number of rotatable bonds is 12. The number of imidazole rings is 1. The first-order valence-electron chi connectivity index (χ1n) is 17.4. The lowest BCUT2D eigenvalue weighted by molar-refractivity contribution is -0.123. The molecular formula is C40H42N8O5. The molecule has 4 aromatic carbocycles. The first-order valence-corrected chi connectivity index (χ1v) is 17.4. The van der Waals surface area contributed by atoms with Crippen molar-refractivity contribution in [1.29, 1.82) is 10.8 Å². The smallest absolute Gasteiger partial charge is 0.335 e. The van der Waals surface area contributed by atoms with Gasteiger partial charge in [-0.2, -0.15) is 0 Å². The molecule has 1 saturated heterocycles. The third kappa shape index (κ3) is 8.04. The molecule has 0 radical (unpaired) electrons. The van der Waals surface area contributed by atoms with Gasteiger partial charge in [-0.1, -0.05) is 30.3 Å². The summed E-state index contributed by atoms with van der Waals surface area (Å²) < 4.78 is 6.33. The highest BCUT2D eigenvalue weighted by atomic mass is 16.5. The van der Waals surface area contributed by atoms with Gasteiger partial charge in [-0.05, 0) is 86.1 Å². The summed E-state index contributed by atoms with van der Waals surface area (Å²) in [4.78, 5) is 52.6. The van der Waals surface area contributed by atoms with Gasteiger partial charge in [0.1, 0.15) is 29.6 Å². The molecule has 2 heterocycles. The molecule has 7 N–H and O–H groups in total. The number of carbonyl (C=O) groups excluding carboxylic acids is 2. The number of nitrogens with one attached hydrogen (secondary N) is 4. The molecule has 0 aliphatic carbocycles. The van der Waals surface area contributed by atoms with Crippen LogP contribution in [0.1, 0.15) is 76.3 Å². The molecule has 0 saturated carbocycles. The van der Waals surface area contributed by atoms with E-state index in [1.807, 2.05) is 42.2 Å². The SMILES string of the molecule is CCNC(=O)C(c1ccccc1)[C@@H](c1nc2ccc(C(=N)N)cc2[nH]1)N(C(=O)c1ccc(C(=O)O)cc1)c1ccc(OC2CCN(C(C)=N)CC2)cc1. The second-order valence-electron chi connectivity index (χ2n) is 12.9. The van der Waals surface area contributed by atoms with Gasteiger partial charge in [0, 0.05) is 49.3 Å². The summed E-state index contributed by atoms with van der Waals surface area (Å²) in [5.41, 5.74) is 8.69. The Kier molecular flexibility index (Phi) is 10.8. The van der Waals surface area contributed by atoms with Crippen molar-refractivity contribution in [2.75, 3.05) is 24.5 Å². The normalized spacial score (nSPS) is 14.3. The van der Waals surface area contributed by atoms with Crippen LogP contribution in [0.4, 0.5) is 5.69 Å². The predicted octanol–water partition coefficient (Wildman–Crippen LogP) is 5.69. The van der Waals surface area contributed by atoms with Gasteiger partial charge in [0.05, 0.1) is 28.4 Å². The maximum atomic E-state index is 14.9. The van der Waals surface area contributed by atoms with Crippen LogP contribution in [0.25, 0.3) is 11.0 Å². The fraction of sp³-hybridized carbons (Fsp3) is 0.250. The summed E-state index contributed by atoms with van der Waals surface area (Å²) in [7, 11) is 0. The van der Waals surface area contributed by atoms with Crippen molar-refractivity contribution in [3.8, 4) is 5.75 Å². The number of ether oxygens (including phenoxy) is 1. The van der Waals surface area contributed by atoms with E-state index < -0.39 is 23.8 Å². The number of amides is 2. The molecular weight excluding hydrogens is 672 g/mol. The van der Waals surface area contributed by atoms with Crippen molar-refractivity contribution >= 4 is 46.2 Å². The third-order valence-electron chi connectivity index (χ3n) is 9.41.